The molecule has 3 rings (SSSR count). The Labute approximate surface area is 122 Å². The number of hydrogen-bond donors (Lipinski definition) is 2. The van der Waals surface area contributed by atoms with E-state index in [1.807, 2.05) is 0 Å². The molecular weight excluding hydrogens is 270 g/mol. The molecule has 1 saturated carbocycles. The summed E-state index contributed by atoms with van der Waals surface area (Å²) in [4.78, 5) is 29.4. The van der Waals surface area contributed by atoms with Crippen LogP contribution in [0.4, 0.5) is 4.79 Å². The van der Waals surface area contributed by atoms with Crippen LogP contribution in [0.15, 0.2) is 30.2 Å². The van der Waals surface area contributed by atoms with Gasteiger partial charge in [0.2, 0.25) is 0 Å². The van der Waals surface area contributed by atoms with Crippen LogP contribution in [-0.2, 0) is 4.79 Å². The number of nitrogens with one attached hydrogen (secondary N) is 1. The highest BCUT2D eigenvalue weighted by Gasteiger charge is 2.43. The quantitative estimate of drug-likeness (QED) is 0.642. The van der Waals surface area contributed by atoms with Crippen molar-refractivity contribution in [3.63, 3.8) is 0 Å². The second-order valence-corrected chi connectivity index (χ2v) is 5.67. The molecule has 21 heavy (non-hydrogen) atoms. The first-order valence-corrected chi connectivity index (χ1v) is 6.99. The van der Waals surface area contributed by atoms with E-state index in [-0.39, 0.29) is 30.2 Å². The average Bonchev–Trinajstić information content (AvgIpc) is 2.71. The fourth-order valence-electron chi connectivity index (χ4n) is 2.72. The molecule has 3 amide bonds. The zero-order chi connectivity index (χ0) is 14.9. The Hall–Kier alpha value is -2.21. The molecule has 110 valence electrons. The SMILES string of the molecule is O=C1NC(=Cc2ccncc2)C(=O)N1CC1(CO)CCC1. The van der Waals surface area contributed by atoms with E-state index in [2.05, 4.69) is 10.3 Å². The lowest BCUT2D eigenvalue weighted by molar-refractivity contribution is -0.125. The van der Waals surface area contributed by atoms with Crippen molar-refractivity contribution < 1.29 is 14.7 Å². The lowest BCUT2D eigenvalue weighted by Crippen LogP contribution is -2.47. The maximum atomic E-state index is 12.3. The number of aliphatic hydroxyl groups is 1. The number of carbonyl (C=O) groups excluding carboxylic acids is 2. The normalized spacial score (nSPS) is 22.3. The van der Waals surface area contributed by atoms with E-state index in [0.29, 0.717) is 0 Å². The average molecular weight is 287 g/mol. The Morgan fingerprint density at radius 2 is 2.05 bits per heavy atom. The first kappa shape index (κ1) is 13.8. The molecule has 2 aliphatic rings. The van der Waals surface area contributed by atoms with Gasteiger partial charge < -0.3 is 10.4 Å². The van der Waals surface area contributed by atoms with Gasteiger partial charge in [-0.2, -0.15) is 0 Å². The second kappa shape index (κ2) is 5.29. The summed E-state index contributed by atoms with van der Waals surface area (Å²) in [5.74, 6) is -0.337. The van der Waals surface area contributed by atoms with Crippen LogP contribution < -0.4 is 5.32 Å². The van der Waals surface area contributed by atoms with Gasteiger partial charge in [-0.05, 0) is 36.6 Å². The van der Waals surface area contributed by atoms with Crippen LogP contribution in [0, 0.1) is 5.41 Å². The monoisotopic (exact) mass is 287 g/mol. The Kier molecular flexibility index (Phi) is 3.47. The third kappa shape index (κ3) is 2.54. The molecule has 1 aromatic heterocycles. The molecule has 0 spiro atoms. The maximum absolute atomic E-state index is 12.3. The van der Waals surface area contributed by atoms with E-state index in [1.165, 1.54) is 4.90 Å². The summed E-state index contributed by atoms with van der Waals surface area (Å²) >= 11 is 0. The second-order valence-electron chi connectivity index (χ2n) is 5.67. The molecular formula is C15H17N3O3. The molecule has 1 aliphatic carbocycles. The number of carbonyl (C=O) groups is 2. The van der Waals surface area contributed by atoms with E-state index in [9.17, 15) is 14.7 Å². The lowest BCUT2D eigenvalue weighted by atomic mass is 9.69. The zero-order valence-corrected chi connectivity index (χ0v) is 11.6. The van der Waals surface area contributed by atoms with E-state index >= 15 is 0 Å². The maximum Gasteiger partial charge on any atom is 0.329 e. The summed E-state index contributed by atoms with van der Waals surface area (Å²) in [5.41, 5.74) is 0.758. The van der Waals surface area contributed by atoms with Gasteiger partial charge in [0, 0.05) is 24.4 Å². The third-order valence-electron chi connectivity index (χ3n) is 4.22. The van der Waals surface area contributed by atoms with Gasteiger partial charge in [0.25, 0.3) is 5.91 Å². The third-order valence-corrected chi connectivity index (χ3v) is 4.22. The number of rotatable bonds is 4. The number of nitrogens with zero attached hydrogens (tertiary/aromatic N) is 2. The van der Waals surface area contributed by atoms with Gasteiger partial charge in [0.05, 0.1) is 6.61 Å². The molecule has 2 fully saturated rings. The highest BCUT2D eigenvalue weighted by molar-refractivity contribution is 6.14. The van der Waals surface area contributed by atoms with Gasteiger partial charge in [-0.1, -0.05) is 6.42 Å². The van der Waals surface area contributed by atoms with Gasteiger partial charge in [-0.3, -0.25) is 14.7 Å². The highest BCUT2D eigenvalue weighted by atomic mass is 16.3. The van der Waals surface area contributed by atoms with Crippen molar-refractivity contribution in [3.05, 3.63) is 35.8 Å². The van der Waals surface area contributed by atoms with Gasteiger partial charge >= 0.3 is 6.03 Å². The van der Waals surface area contributed by atoms with Crippen molar-refractivity contribution in [1.82, 2.24) is 15.2 Å². The van der Waals surface area contributed by atoms with Crippen molar-refractivity contribution >= 4 is 18.0 Å². The van der Waals surface area contributed by atoms with Crippen molar-refractivity contribution in [3.8, 4) is 0 Å². The largest absolute Gasteiger partial charge is 0.396 e. The Morgan fingerprint density at radius 1 is 1.33 bits per heavy atom. The number of aliphatic hydroxyl groups excluding tert-OH is 1. The smallest absolute Gasteiger partial charge is 0.329 e. The summed E-state index contributed by atoms with van der Waals surface area (Å²) in [6.45, 7) is 0.287. The molecule has 6 nitrogen and oxygen atoms in total. The van der Waals surface area contributed by atoms with Crippen LogP contribution in [0.5, 0.6) is 0 Å². The number of aromatic nitrogens is 1. The van der Waals surface area contributed by atoms with Crippen LogP contribution in [-0.4, -0.2) is 40.1 Å². The standard InChI is InChI=1S/C15H17N3O3/c19-10-15(4-1-5-15)9-18-13(20)12(17-14(18)21)8-11-2-6-16-7-3-11/h2-3,6-8,19H,1,4-5,9-10H2,(H,17,21). The first-order valence-electron chi connectivity index (χ1n) is 6.99. The lowest BCUT2D eigenvalue weighted by Gasteiger charge is -2.41. The highest BCUT2D eigenvalue weighted by Crippen LogP contribution is 2.41. The number of amides is 3. The van der Waals surface area contributed by atoms with Crippen LogP contribution in [0.25, 0.3) is 6.08 Å². The van der Waals surface area contributed by atoms with Crippen LogP contribution >= 0.6 is 0 Å². The zero-order valence-electron chi connectivity index (χ0n) is 11.6. The van der Waals surface area contributed by atoms with Gasteiger partial charge in [-0.15, -0.1) is 0 Å². The molecule has 2 N–H and O–H groups in total. The van der Waals surface area contributed by atoms with Gasteiger partial charge in [0.15, 0.2) is 0 Å². The number of pyridine rings is 1. The molecule has 2 heterocycles. The van der Waals surface area contributed by atoms with E-state index in [0.717, 1.165) is 24.8 Å². The minimum atomic E-state index is -0.417. The molecule has 1 aromatic rings. The van der Waals surface area contributed by atoms with Crippen molar-refractivity contribution in [1.29, 1.82) is 0 Å². The fourth-order valence-corrected chi connectivity index (χ4v) is 2.72. The Morgan fingerprint density at radius 3 is 2.62 bits per heavy atom. The van der Waals surface area contributed by atoms with E-state index < -0.39 is 6.03 Å². The molecule has 6 heteroatoms. The number of imide groups is 1. The van der Waals surface area contributed by atoms with Crippen molar-refractivity contribution in [2.45, 2.75) is 19.3 Å². The predicted molar refractivity (Wildman–Crippen MR) is 75.8 cm³/mol. The fraction of sp³-hybridized carbons (Fsp3) is 0.400. The predicted octanol–water partition coefficient (Wildman–Crippen LogP) is 1.14. The summed E-state index contributed by atoms with van der Waals surface area (Å²) in [5, 5.41) is 12.1. The molecule has 0 radical (unpaired) electrons. The molecule has 1 aliphatic heterocycles. The summed E-state index contributed by atoms with van der Waals surface area (Å²) in [6.07, 6.45) is 7.62. The van der Waals surface area contributed by atoms with E-state index in [1.54, 1.807) is 30.6 Å². The van der Waals surface area contributed by atoms with Crippen molar-refractivity contribution in [2.75, 3.05) is 13.2 Å². The summed E-state index contributed by atoms with van der Waals surface area (Å²) in [6, 6.07) is 3.10. The first-order chi connectivity index (χ1) is 10.1. The van der Waals surface area contributed by atoms with Crippen LogP contribution in [0.1, 0.15) is 24.8 Å². The minimum Gasteiger partial charge on any atom is -0.396 e. The Bertz CT molecular complexity index is 588. The summed E-state index contributed by atoms with van der Waals surface area (Å²) < 4.78 is 0. The summed E-state index contributed by atoms with van der Waals surface area (Å²) in [7, 11) is 0. The molecule has 0 bridgehead atoms. The van der Waals surface area contributed by atoms with E-state index in [4.69, 9.17) is 0 Å². The number of hydrogen-bond acceptors (Lipinski definition) is 4. The molecule has 0 atom stereocenters. The minimum absolute atomic E-state index is 0.00740. The van der Waals surface area contributed by atoms with Crippen molar-refractivity contribution in [2.24, 2.45) is 5.41 Å². The molecule has 0 aromatic carbocycles. The van der Waals surface area contributed by atoms with Crippen LogP contribution in [0.2, 0.25) is 0 Å². The number of urea groups is 1. The Balaban J connectivity index is 1.78. The topological polar surface area (TPSA) is 82.5 Å². The molecule has 1 saturated heterocycles. The molecule has 0 unspecified atom stereocenters. The van der Waals surface area contributed by atoms with Gasteiger partial charge in [-0.25, -0.2) is 4.79 Å². The van der Waals surface area contributed by atoms with Gasteiger partial charge in [0.1, 0.15) is 5.70 Å². The van der Waals surface area contributed by atoms with Crippen LogP contribution in [0.3, 0.4) is 0 Å².